The minimum absolute atomic E-state index is 0.0685. The van der Waals surface area contributed by atoms with Crippen molar-refractivity contribution in [2.75, 3.05) is 51.1 Å². The number of fused-ring (bicyclic) bond motifs is 1. The van der Waals surface area contributed by atoms with Crippen molar-refractivity contribution >= 4 is 23.4 Å². The van der Waals surface area contributed by atoms with Crippen molar-refractivity contribution in [2.45, 2.75) is 90.0 Å². The molecule has 1 aliphatic carbocycles. The lowest BCUT2D eigenvalue weighted by atomic mass is 9.73. The van der Waals surface area contributed by atoms with Crippen LogP contribution in [-0.4, -0.2) is 102 Å². The Labute approximate surface area is 269 Å². The van der Waals surface area contributed by atoms with Crippen LogP contribution in [0.5, 0.6) is 0 Å². The van der Waals surface area contributed by atoms with E-state index in [0.29, 0.717) is 30.0 Å². The molecule has 0 unspecified atom stereocenters. The number of hydrogen-bond acceptors (Lipinski definition) is 6. The molecule has 9 nitrogen and oxygen atoms in total. The van der Waals surface area contributed by atoms with Gasteiger partial charge in [0, 0.05) is 44.5 Å². The maximum Gasteiger partial charge on any atom is 0.246 e. The lowest BCUT2D eigenvalue weighted by molar-refractivity contribution is -0.141. The van der Waals surface area contributed by atoms with Crippen molar-refractivity contribution < 1.29 is 19.1 Å². The third-order valence-electron chi connectivity index (χ3n) is 11.6. The number of piperazine rings is 1. The van der Waals surface area contributed by atoms with E-state index in [-0.39, 0.29) is 23.8 Å². The number of carbonyl (C=O) groups excluding carboxylic acids is 3. The summed E-state index contributed by atoms with van der Waals surface area (Å²) >= 11 is 0. The summed E-state index contributed by atoms with van der Waals surface area (Å²) in [6.07, 6.45) is 7.26. The Hall–Kier alpha value is -2.75. The van der Waals surface area contributed by atoms with Gasteiger partial charge in [-0.15, -0.1) is 0 Å². The smallest absolute Gasteiger partial charge is 0.246 e. The number of carbonyl (C=O) groups is 3. The number of anilines is 1. The topological polar surface area (TPSA) is 94.2 Å². The number of amides is 3. The number of likely N-dealkylation sites (tertiary alicyclic amines) is 1. The van der Waals surface area contributed by atoms with Crippen LogP contribution in [0.4, 0.5) is 5.69 Å². The molecule has 8 atom stereocenters. The lowest BCUT2D eigenvalue weighted by Gasteiger charge is -2.38. The number of likely N-dealkylation sites (N-methyl/N-ethyl adjacent to an activating group) is 1. The highest BCUT2D eigenvalue weighted by atomic mass is 16.5. The molecule has 1 aromatic rings. The zero-order chi connectivity index (χ0) is 31.9. The fourth-order valence-corrected chi connectivity index (χ4v) is 8.53. The highest BCUT2D eigenvalue weighted by molar-refractivity contribution is 6.02. The summed E-state index contributed by atoms with van der Waals surface area (Å²) in [5.74, 6) is -0.651. The zero-order valence-electron chi connectivity index (χ0n) is 27.8. The molecule has 9 heteroatoms. The molecular weight excluding hydrogens is 566 g/mol. The second-order valence-corrected chi connectivity index (χ2v) is 14.5. The fourth-order valence-electron chi connectivity index (χ4n) is 8.53. The van der Waals surface area contributed by atoms with Crippen LogP contribution in [0.1, 0.15) is 71.8 Å². The summed E-state index contributed by atoms with van der Waals surface area (Å²) in [7, 11) is 0. The first-order valence-corrected chi connectivity index (χ1v) is 17.5. The number of rotatable bonds is 10. The van der Waals surface area contributed by atoms with Crippen LogP contribution in [0, 0.1) is 23.7 Å². The van der Waals surface area contributed by atoms with E-state index in [0.717, 1.165) is 58.5 Å². The highest BCUT2D eigenvalue weighted by Crippen LogP contribution is 2.55. The monoisotopic (exact) mass is 619 g/mol. The summed E-state index contributed by atoms with van der Waals surface area (Å²) in [6.45, 7) is 17.5. The van der Waals surface area contributed by atoms with Gasteiger partial charge in [0.25, 0.3) is 0 Å². The van der Waals surface area contributed by atoms with E-state index in [9.17, 15) is 14.4 Å². The van der Waals surface area contributed by atoms with Gasteiger partial charge in [-0.2, -0.15) is 0 Å². The molecule has 1 saturated carbocycles. The first kappa shape index (κ1) is 32.2. The average molecular weight is 620 g/mol. The third-order valence-corrected chi connectivity index (χ3v) is 11.6. The van der Waals surface area contributed by atoms with Crippen LogP contribution in [0.2, 0.25) is 0 Å². The van der Waals surface area contributed by atoms with Crippen LogP contribution >= 0.6 is 0 Å². The number of benzene rings is 1. The second-order valence-electron chi connectivity index (χ2n) is 14.5. The predicted octanol–water partition coefficient (Wildman–Crippen LogP) is 3.87. The van der Waals surface area contributed by atoms with Gasteiger partial charge in [-0.05, 0) is 61.4 Å². The molecular formula is C36H53N5O4. The molecule has 4 heterocycles. The molecule has 5 aliphatic rings. The van der Waals surface area contributed by atoms with Crippen LogP contribution in [0.15, 0.2) is 36.4 Å². The van der Waals surface area contributed by atoms with E-state index in [4.69, 9.17) is 4.74 Å². The molecule has 3 saturated heterocycles. The lowest BCUT2D eigenvalue weighted by Crippen LogP contribution is -2.58. The number of nitrogens with one attached hydrogen (secondary N) is 2. The molecule has 45 heavy (non-hydrogen) atoms. The van der Waals surface area contributed by atoms with Crippen molar-refractivity contribution in [1.29, 1.82) is 0 Å². The van der Waals surface area contributed by atoms with Crippen LogP contribution < -0.4 is 10.6 Å². The van der Waals surface area contributed by atoms with Gasteiger partial charge >= 0.3 is 0 Å². The molecule has 4 fully saturated rings. The minimum Gasteiger partial charge on any atom is -0.359 e. The molecule has 6 rings (SSSR count). The van der Waals surface area contributed by atoms with Crippen molar-refractivity contribution in [2.24, 2.45) is 23.7 Å². The summed E-state index contributed by atoms with van der Waals surface area (Å²) in [4.78, 5) is 49.2. The van der Waals surface area contributed by atoms with E-state index < -0.39 is 29.6 Å². The second kappa shape index (κ2) is 13.2. The maximum atomic E-state index is 14.4. The summed E-state index contributed by atoms with van der Waals surface area (Å²) < 4.78 is 6.59. The van der Waals surface area contributed by atoms with Crippen molar-refractivity contribution in [3.63, 3.8) is 0 Å². The van der Waals surface area contributed by atoms with Gasteiger partial charge in [0.1, 0.15) is 11.6 Å². The Kier molecular flexibility index (Phi) is 9.42. The molecule has 2 N–H and O–H groups in total. The largest absolute Gasteiger partial charge is 0.359 e. The third kappa shape index (κ3) is 6.08. The molecule has 4 aliphatic heterocycles. The van der Waals surface area contributed by atoms with E-state index in [1.807, 2.05) is 36.4 Å². The Morgan fingerprint density at radius 3 is 2.40 bits per heavy atom. The van der Waals surface area contributed by atoms with Crippen molar-refractivity contribution in [3.05, 3.63) is 42.0 Å². The highest BCUT2D eigenvalue weighted by Gasteiger charge is 2.72. The Balaban J connectivity index is 1.21. The average Bonchev–Trinajstić information content (AvgIpc) is 3.67. The quantitative estimate of drug-likeness (QED) is 0.387. The van der Waals surface area contributed by atoms with Gasteiger partial charge in [-0.25, -0.2) is 0 Å². The fraction of sp³-hybridized carbons (Fsp3) is 0.694. The summed E-state index contributed by atoms with van der Waals surface area (Å²) in [5, 5.41) is 6.43. The van der Waals surface area contributed by atoms with Gasteiger partial charge in [0.2, 0.25) is 17.7 Å². The standard InChI is InChI=1S/C36H53N5O4/c1-6-39-19-21-40(22-20-39)17-8-18-41-32(34(43)38-28-10-7-9-24(4)25(28)5)36-16-15-29(45-36)30(31(36)35(41)44)33(42)37-27-13-11-26(12-14-27)23(2)3/h11-16,23-25,28-32H,6-10,17-22H2,1-5H3,(H,37,42)(H,38,43)/t24-,25-,28-,29+,30-,31+,32+,36+/m1/s1. The Morgan fingerprint density at radius 2 is 1.71 bits per heavy atom. The van der Waals surface area contributed by atoms with Crippen molar-refractivity contribution in [3.8, 4) is 0 Å². The molecule has 0 aromatic heterocycles. The molecule has 2 bridgehead atoms. The van der Waals surface area contributed by atoms with E-state index in [1.165, 1.54) is 12.0 Å². The van der Waals surface area contributed by atoms with Gasteiger partial charge in [-0.1, -0.05) is 71.7 Å². The molecule has 1 spiro atoms. The van der Waals surface area contributed by atoms with Gasteiger partial charge in [0.15, 0.2) is 0 Å². The van der Waals surface area contributed by atoms with E-state index in [1.54, 1.807) is 4.90 Å². The molecule has 246 valence electrons. The summed E-state index contributed by atoms with van der Waals surface area (Å²) in [6, 6.07) is 7.16. The Morgan fingerprint density at radius 1 is 1.00 bits per heavy atom. The van der Waals surface area contributed by atoms with Gasteiger partial charge in [-0.3, -0.25) is 14.4 Å². The first-order valence-electron chi connectivity index (χ1n) is 17.5. The zero-order valence-corrected chi connectivity index (χ0v) is 27.8. The van der Waals surface area contributed by atoms with Gasteiger partial charge in [0.05, 0.1) is 17.9 Å². The van der Waals surface area contributed by atoms with Gasteiger partial charge < -0.3 is 30.1 Å². The molecule has 0 radical (unpaired) electrons. The van der Waals surface area contributed by atoms with Crippen LogP contribution in [0.3, 0.4) is 0 Å². The van der Waals surface area contributed by atoms with E-state index in [2.05, 4.69) is 55.1 Å². The Bertz CT molecular complexity index is 1270. The SMILES string of the molecule is CCN1CCN(CCCN2C(=O)[C@@H]3[C@H](C(=O)Nc4ccc(C(C)C)cc4)[C@@H]4C=C[C@@]3(O4)[C@@H]2C(=O)N[C@@H]2CCC[C@@H](C)[C@H]2C)CC1. The number of hydrogen-bond donors (Lipinski definition) is 2. The summed E-state index contributed by atoms with van der Waals surface area (Å²) in [5.41, 5.74) is 0.763. The first-order chi connectivity index (χ1) is 21.6. The van der Waals surface area contributed by atoms with Crippen LogP contribution in [-0.2, 0) is 19.1 Å². The number of ether oxygens (including phenoxy) is 1. The predicted molar refractivity (Wildman–Crippen MR) is 176 cm³/mol. The maximum absolute atomic E-state index is 14.4. The normalized spacial score (nSPS) is 34.8. The minimum atomic E-state index is -1.13. The number of nitrogens with zero attached hydrogens (tertiary/aromatic N) is 3. The molecule has 3 amide bonds. The van der Waals surface area contributed by atoms with Crippen molar-refractivity contribution in [1.82, 2.24) is 20.0 Å². The van der Waals surface area contributed by atoms with E-state index >= 15 is 0 Å². The van der Waals surface area contributed by atoms with Crippen LogP contribution in [0.25, 0.3) is 0 Å². The molecule has 1 aromatic carbocycles.